The minimum Gasteiger partial charge on any atom is -0.507 e. The van der Waals surface area contributed by atoms with E-state index in [-0.39, 0.29) is 17.2 Å². The van der Waals surface area contributed by atoms with Crippen molar-refractivity contribution in [3.8, 4) is 5.75 Å². The summed E-state index contributed by atoms with van der Waals surface area (Å²) in [4.78, 5) is 0. The largest absolute Gasteiger partial charge is 0.507 e. The molecular formula is C23H29F2NO. The summed E-state index contributed by atoms with van der Waals surface area (Å²) in [6.07, 6.45) is 9.02. The van der Waals surface area contributed by atoms with Crippen LogP contribution in [-0.4, -0.2) is 5.11 Å². The van der Waals surface area contributed by atoms with Crippen LogP contribution in [0.1, 0.15) is 58.1 Å². The standard InChI is InChI=1S/C23H29F2NO/c1-5-12-23(24,25)18-10-11-20(21(27)14-18)22-16(3)13-19(26)9-7-6-8-15(2)17(22)4/h5,8,10-14,17,27H,6-7,9,26H2,1-4H3/b12-5+,15-8-,19-13+,22-16+. The molecule has 2 rings (SSSR count). The van der Waals surface area contributed by atoms with Crippen molar-refractivity contribution in [1.82, 2.24) is 0 Å². The zero-order valence-corrected chi connectivity index (χ0v) is 16.5. The number of allylic oxidation sites excluding steroid dienone is 8. The molecule has 0 saturated heterocycles. The summed E-state index contributed by atoms with van der Waals surface area (Å²) in [5.74, 6) is -3.22. The van der Waals surface area contributed by atoms with Gasteiger partial charge in [-0.1, -0.05) is 36.8 Å². The molecule has 0 spiro atoms. The molecule has 0 amide bonds. The van der Waals surface area contributed by atoms with Gasteiger partial charge < -0.3 is 10.8 Å². The molecule has 1 atom stereocenters. The molecule has 0 fully saturated rings. The van der Waals surface area contributed by atoms with E-state index >= 15 is 0 Å². The van der Waals surface area contributed by atoms with Crippen LogP contribution in [0.5, 0.6) is 5.75 Å². The number of alkyl halides is 2. The zero-order chi connectivity index (χ0) is 20.2. The lowest BCUT2D eigenvalue weighted by atomic mass is 9.83. The van der Waals surface area contributed by atoms with Crippen molar-refractivity contribution >= 4 is 5.57 Å². The average molecular weight is 373 g/mol. The van der Waals surface area contributed by atoms with Crippen LogP contribution in [0.15, 0.2) is 59.3 Å². The molecule has 2 nitrogen and oxygen atoms in total. The fraction of sp³-hybridized carbons (Fsp3) is 0.391. The van der Waals surface area contributed by atoms with Gasteiger partial charge in [-0.05, 0) is 69.4 Å². The summed E-state index contributed by atoms with van der Waals surface area (Å²) in [5, 5.41) is 10.6. The van der Waals surface area contributed by atoms with E-state index in [0.29, 0.717) is 5.56 Å². The molecule has 4 heteroatoms. The van der Waals surface area contributed by atoms with Gasteiger partial charge in [0.1, 0.15) is 5.75 Å². The maximum atomic E-state index is 14.1. The molecule has 1 unspecified atom stereocenters. The number of phenolic OH excluding ortho intramolecular Hbond substituents is 1. The van der Waals surface area contributed by atoms with E-state index in [1.54, 1.807) is 13.0 Å². The van der Waals surface area contributed by atoms with Gasteiger partial charge in [-0.2, -0.15) is 8.78 Å². The summed E-state index contributed by atoms with van der Waals surface area (Å²) in [6.45, 7) is 7.63. The van der Waals surface area contributed by atoms with E-state index in [0.717, 1.165) is 48.2 Å². The third kappa shape index (κ3) is 4.88. The van der Waals surface area contributed by atoms with E-state index < -0.39 is 5.92 Å². The van der Waals surface area contributed by atoms with Gasteiger partial charge in [0.25, 0.3) is 5.92 Å². The highest BCUT2D eigenvalue weighted by atomic mass is 19.3. The smallest absolute Gasteiger partial charge is 0.291 e. The highest BCUT2D eigenvalue weighted by Crippen LogP contribution is 2.40. The van der Waals surface area contributed by atoms with Crippen LogP contribution in [0.25, 0.3) is 5.57 Å². The number of nitrogens with two attached hydrogens (primary N) is 1. The molecule has 0 aromatic heterocycles. The Hall–Kier alpha value is -2.36. The van der Waals surface area contributed by atoms with Crippen LogP contribution in [-0.2, 0) is 5.92 Å². The first-order valence-electron chi connectivity index (χ1n) is 9.36. The third-order valence-corrected chi connectivity index (χ3v) is 5.13. The molecule has 0 aliphatic heterocycles. The summed E-state index contributed by atoms with van der Waals surface area (Å²) in [7, 11) is 0. The quantitative estimate of drug-likeness (QED) is 0.599. The molecule has 3 N–H and O–H groups in total. The van der Waals surface area contributed by atoms with Gasteiger partial charge in [-0.15, -0.1) is 0 Å². The lowest BCUT2D eigenvalue weighted by molar-refractivity contribution is 0.0517. The summed E-state index contributed by atoms with van der Waals surface area (Å²) >= 11 is 0. The SMILES string of the molecule is C/C=C/C(F)(F)c1ccc(/C2=C(C)/C=C(/N)CCC/C=C(/C)C2C)c(O)c1. The Morgan fingerprint density at radius 3 is 2.59 bits per heavy atom. The van der Waals surface area contributed by atoms with Gasteiger partial charge >= 0.3 is 0 Å². The molecule has 1 aromatic carbocycles. The first-order chi connectivity index (χ1) is 12.7. The second-order valence-electron chi connectivity index (χ2n) is 7.23. The van der Waals surface area contributed by atoms with Crippen molar-refractivity contribution in [2.75, 3.05) is 0 Å². The van der Waals surface area contributed by atoms with Crippen LogP contribution in [0.4, 0.5) is 8.78 Å². The normalized spacial score (nSPS) is 26.4. The second kappa shape index (κ2) is 8.55. The van der Waals surface area contributed by atoms with Gasteiger partial charge in [0.2, 0.25) is 0 Å². The van der Waals surface area contributed by atoms with Crippen molar-refractivity contribution in [3.63, 3.8) is 0 Å². The zero-order valence-electron chi connectivity index (χ0n) is 16.5. The highest BCUT2D eigenvalue weighted by Gasteiger charge is 2.29. The lowest BCUT2D eigenvalue weighted by Crippen LogP contribution is -2.10. The topological polar surface area (TPSA) is 46.2 Å². The number of halogens is 2. The van der Waals surface area contributed by atoms with Gasteiger partial charge in [-0.25, -0.2) is 0 Å². The average Bonchev–Trinajstić information content (AvgIpc) is 2.59. The Labute approximate surface area is 160 Å². The second-order valence-corrected chi connectivity index (χ2v) is 7.23. The summed E-state index contributed by atoms with van der Waals surface area (Å²) in [6, 6.07) is 4.13. The Morgan fingerprint density at radius 1 is 1.26 bits per heavy atom. The molecule has 0 bridgehead atoms. The number of hydrogen-bond acceptors (Lipinski definition) is 2. The van der Waals surface area contributed by atoms with Gasteiger partial charge in [0.05, 0.1) is 0 Å². The van der Waals surface area contributed by atoms with E-state index in [1.165, 1.54) is 17.7 Å². The molecule has 0 heterocycles. The van der Waals surface area contributed by atoms with Crippen LogP contribution < -0.4 is 5.73 Å². The van der Waals surface area contributed by atoms with E-state index in [9.17, 15) is 13.9 Å². The Bertz CT molecular complexity index is 816. The monoisotopic (exact) mass is 373 g/mol. The molecule has 0 saturated carbocycles. The van der Waals surface area contributed by atoms with Gasteiger partial charge in [0, 0.05) is 22.7 Å². The predicted octanol–water partition coefficient (Wildman–Crippen LogP) is 6.44. The summed E-state index contributed by atoms with van der Waals surface area (Å²) in [5.41, 5.74) is 10.3. The minimum atomic E-state index is -3.11. The van der Waals surface area contributed by atoms with Crippen LogP contribution in [0.2, 0.25) is 0 Å². The Morgan fingerprint density at radius 2 is 1.96 bits per heavy atom. The van der Waals surface area contributed by atoms with Crippen LogP contribution in [0.3, 0.4) is 0 Å². The maximum Gasteiger partial charge on any atom is 0.291 e. The molecule has 1 aromatic rings. The van der Waals surface area contributed by atoms with Crippen molar-refractivity contribution in [3.05, 3.63) is 70.5 Å². The fourth-order valence-corrected chi connectivity index (χ4v) is 3.53. The lowest BCUT2D eigenvalue weighted by Gasteiger charge is -2.23. The summed E-state index contributed by atoms with van der Waals surface area (Å²) < 4.78 is 28.3. The molecule has 27 heavy (non-hydrogen) atoms. The van der Waals surface area contributed by atoms with Crippen LogP contribution in [0, 0.1) is 5.92 Å². The van der Waals surface area contributed by atoms with E-state index in [1.807, 2.05) is 13.0 Å². The minimum absolute atomic E-state index is 0.0416. The molecule has 146 valence electrons. The van der Waals surface area contributed by atoms with Gasteiger partial charge in [0.15, 0.2) is 0 Å². The fourth-order valence-electron chi connectivity index (χ4n) is 3.53. The van der Waals surface area contributed by atoms with Crippen molar-refractivity contribution in [1.29, 1.82) is 0 Å². The number of hydrogen-bond donors (Lipinski definition) is 2. The Balaban J connectivity index is 2.62. The number of benzene rings is 1. The van der Waals surface area contributed by atoms with Crippen LogP contribution >= 0.6 is 0 Å². The van der Waals surface area contributed by atoms with Crippen molar-refractivity contribution in [2.24, 2.45) is 11.7 Å². The van der Waals surface area contributed by atoms with Gasteiger partial charge in [-0.3, -0.25) is 0 Å². The molecule has 1 aliphatic carbocycles. The molecular weight excluding hydrogens is 344 g/mol. The number of rotatable bonds is 3. The highest BCUT2D eigenvalue weighted by molar-refractivity contribution is 5.78. The molecule has 0 radical (unpaired) electrons. The first kappa shape index (κ1) is 20.9. The van der Waals surface area contributed by atoms with E-state index in [4.69, 9.17) is 5.73 Å². The Kier molecular flexibility index (Phi) is 6.63. The third-order valence-electron chi connectivity index (χ3n) is 5.13. The maximum absolute atomic E-state index is 14.1. The predicted molar refractivity (Wildman–Crippen MR) is 108 cm³/mol. The number of aromatic hydroxyl groups is 1. The molecule has 1 aliphatic rings. The van der Waals surface area contributed by atoms with Crippen molar-refractivity contribution < 1.29 is 13.9 Å². The first-order valence-corrected chi connectivity index (χ1v) is 9.36. The number of phenols is 1. The van der Waals surface area contributed by atoms with E-state index in [2.05, 4.69) is 19.9 Å². The van der Waals surface area contributed by atoms with Crippen molar-refractivity contribution in [2.45, 2.75) is 52.9 Å².